The average Bonchev–Trinajstić information content (AvgIpc) is 3.24. The van der Waals surface area contributed by atoms with Crippen LogP contribution >= 0.6 is 0 Å². The Balaban J connectivity index is 1.43. The van der Waals surface area contributed by atoms with Gasteiger partial charge in [-0.25, -0.2) is 0 Å². The normalized spacial score (nSPS) is 34.9. The van der Waals surface area contributed by atoms with Crippen molar-refractivity contribution in [2.75, 3.05) is 66.1 Å². The second-order valence-corrected chi connectivity index (χ2v) is 11.6. The fourth-order valence-electron chi connectivity index (χ4n) is 7.28. The molecule has 10 nitrogen and oxygen atoms in total. The van der Waals surface area contributed by atoms with Gasteiger partial charge in [0.15, 0.2) is 0 Å². The summed E-state index contributed by atoms with van der Waals surface area (Å²) in [4.78, 5) is 50.0. The third kappa shape index (κ3) is 4.20. The van der Waals surface area contributed by atoms with Crippen LogP contribution in [0.1, 0.15) is 18.5 Å². The standard InChI is InChI=1S/C30H38N4O6/c1-29-10-6-12-31(2)26(36)23(29)24-27(37)34(22(20-35)21-8-4-3-5-9-21)25-28(38)33(13-7-11-30(24,25)40-29)15-14-32-16-18-39-19-17-32/h3-11,22-25,35H,12-20H2,1-2H3/t22-,23-,24+,25?,29+,30+/m1/s1. The minimum atomic E-state index is -1.35. The van der Waals surface area contributed by atoms with Gasteiger partial charge in [-0.1, -0.05) is 54.6 Å². The Hall–Kier alpha value is -3.05. The zero-order valence-corrected chi connectivity index (χ0v) is 23.1. The van der Waals surface area contributed by atoms with Gasteiger partial charge in [-0.3, -0.25) is 19.3 Å². The Morgan fingerprint density at radius 3 is 2.40 bits per heavy atom. The van der Waals surface area contributed by atoms with Crippen molar-refractivity contribution in [3.63, 3.8) is 0 Å². The number of fused-ring (bicyclic) bond motifs is 2. The van der Waals surface area contributed by atoms with Crippen molar-refractivity contribution in [2.24, 2.45) is 11.8 Å². The van der Waals surface area contributed by atoms with E-state index in [4.69, 9.17) is 9.47 Å². The minimum absolute atomic E-state index is 0.183. The lowest BCUT2D eigenvalue weighted by molar-refractivity contribution is -0.155. The van der Waals surface area contributed by atoms with E-state index in [1.165, 1.54) is 4.90 Å². The Bertz CT molecular complexity index is 1220. The first-order valence-electron chi connectivity index (χ1n) is 14.2. The van der Waals surface area contributed by atoms with Crippen LogP contribution in [0.25, 0.3) is 0 Å². The van der Waals surface area contributed by atoms with Gasteiger partial charge in [-0.2, -0.15) is 0 Å². The molecule has 5 aliphatic rings. The molecule has 6 rings (SSSR count). The molecule has 0 radical (unpaired) electrons. The van der Waals surface area contributed by atoms with E-state index in [0.29, 0.717) is 39.4 Å². The minimum Gasteiger partial charge on any atom is -0.394 e. The highest BCUT2D eigenvalue weighted by Crippen LogP contribution is 2.58. The molecule has 1 spiro atoms. The van der Waals surface area contributed by atoms with Gasteiger partial charge in [0.25, 0.3) is 0 Å². The SMILES string of the molecule is CN1CC=C[C@]2(C)O[C@]34C=CCN(CCN5CCOCC5)C(=O)C3N([C@H](CO)c3ccccc3)C(=O)[C@@H]4[C@@H]2C1=O. The molecule has 10 heteroatoms. The summed E-state index contributed by atoms with van der Waals surface area (Å²) < 4.78 is 12.3. The first kappa shape index (κ1) is 27.1. The molecule has 3 saturated heterocycles. The molecular formula is C30H38N4O6. The van der Waals surface area contributed by atoms with Gasteiger partial charge >= 0.3 is 0 Å². The summed E-state index contributed by atoms with van der Waals surface area (Å²) in [5.41, 5.74) is -1.68. The molecule has 5 heterocycles. The Labute approximate surface area is 234 Å². The summed E-state index contributed by atoms with van der Waals surface area (Å²) >= 11 is 0. The topological polar surface area (TPSA) is 103 Å². The smallest absolute Gasteiger partial charge is 0.249 e. The number of carbonyl (C=O) groups is 3. The van der Waals surface area contributed by atoms with Crippen LogP contribution in [-0.2, 0) is 23.9 Å². The molecule has 6 atom stereocenters. The number of hydrogen-bond acceptors (Lipinski definition) is 7. The maximum absolute atomic E-state index is 14.6. The number of nitrogens with zero attached hydrogens (tertiary/aromatic N) is 4. The first-order valence-corrected chi connectivity index (χ1v) is 14.2. The van der Waals surface area contributed by atoms with E-state index in [1.54, 1.807) is 16.8 Å². The lowest BCUT2D eigenvalue weighted by atomic mass is 9.74. The number of aliphatic hydroxyl groups is 1. The number of benzene rings is 1. The van der Waals surface area contributed by atoms with Crippen molar-refractivity contribution in [3.8, 4) is 0 Å². The van der Waals surface area contributed by atoms with Crippen molar-refractivity contribution in [1.82, 2.24) is 19.6 Å². The van der Waals surface area contributed by atoms with E-state index in [-0.39, 0.29) is 24.3 Å². The highest BCUT2D eigenvalue weighted by Gasteiger charge is 2.75. The lowest BCUT2D eigenvalue weighted by Crippen LogP contribution is -2.57. The molecule has 0 bridgehead atoms. The lowest BCUT2D eigenvalue weighted by Gasteiger charge is -2.40. The van der Waals surface area contributed by atoms with Crippen LogP contribution in [0.15, 0.2) is 54.6 Å². The molecular weight excluding hydrogens is 512 g/mol. The number of aliphatic hydroxyl groups excluding tert-OH is 1. The quantitative estimate of drug-likeness (QED) is 0.513. The summed E-state index contributed by atoms with van der Waals surface area (Å²) in [5, 5.41) is 10.6. The number of likely N-dealkylation sites (N-methyl/N-ethyl adjacent to an activating group) is 1. The van der Waals surface area contributed by atoms with E-state index in [1.807, 2.05) is 61.6 Å². The molecule has 3 amide bonds. The van der Waals surface area contributed by atoms with Gasteiger partial charge in [-0.05, 0) is 12.5 Å². The predicted molar refractivity (Wildman–Crippen MR) is 146 cm³/mol. The van der Waals surface area contributed by atoms with E-state index in [2.05, 4.69) is 4.90 Å². The number of amides is 3. The van der Waals surface area contributed by atoms with E-state index in [9.17, 15) is 19.5 Å². The molecule has 3 fully saturated rings. The van der Waals surface area contributed by atoms with Gasteiger partial charge in [0, 0.05) is 46.3 Å². The molecule has 0 aromatic heterocycles. The zero-order chi connectivity index (χ0) is 28.1. The monoisotopic (exact) mass is 550 g/mol. The fraction of sp³-hybridized carbons (Fsp3) is 0.567. The summed E-state index contributed by atoms with van der Waals surface area (Å²) in [6.07, 6.45) is 7.53. The van der Waals surface area contributed by atoms with Crippen LogP contribution in [0.2, 0.25) is 0 Å². The number of ether oxygens (including phenoxy) is 2. The first-order chi connectivity index (χ1) is 19.3. The maximum atomic E-state index is 14.6. The molecule has 0 saturated carbocycles. The van der Waals surface area contributed by atoms with Crippen LogP contribution in [0.5, 0.6) is 0 Å². The van der Waals surface area contributed by atoms with Crippen LogP contribution in [0, 0.1) is 11.8 Å². The van der Waals surface area contributed by atoms with Crippen LogP contribution in [-0.4, -0.2) is 126 Å². The number of rotatable bonds is 6. The van der Waals surface area contributed by atoms with Crippen LogP contribution in [0.3, 0.4) is 0 Å². The van der Waals surface area contributed by atoms with Gasteiger partial charge in [0.2, 0.25) is 17.7 Å². The summed E-state index contributed by atoms with van der Waals surface area (Å²) in [5.74, 6) is -2.46. The van der Waals surface area contributed by atoms with E-state index >= 15 is 0 Å². The van der Waals surface area contributed by atoms with Crippen LogP contribution < -0.4 is 0 Å². The predicted octanol–water partition coefficient (Wildman–Crippen LogP) is 0.450. The molecule has 214 valence electrons. The summed E-state index contributed by atoms with van der Waals surface area (Å²) in [6, 6.07) is 7.47. The van der Waals surface area contributed by atoms with E-state index in [0.717, 1.165) is 18.7 Å². The van der Waals surface area contributed by atoms with Crippen molar-refractivity contribution < 1.29 is 29.0 Å². The second kappa shape index (κ2) is 10.4. The molecule has 1 unspecified atom stereocenters. The number of hydrogen-bond donors (Lipinski definition) is 1. The number of likely N-dealkylation sites (tertiary alicyclic amines) is 1. The third-order valence-corrected chi connectivity index (χ3v) is 9.26. The number of morpholine rings is 1. The van der Waals surface area contributed by atoms with Gasteiger partial charge in [0.1, 0.15) is 11.6 Å². The molecule has 0 aliphatic carbocycles. The van der Waals surface area contributed by atoms with Crippen molar-refractivity contribution >= 4 is 17.7 Å². The molecule has 5 aliphatic heterocycles. The summed E-state index contributed by atoms with van der Waals surface area (Å²) in [7, 11) is 1.72. The highest BCUT2D eigenvalue weighted by molar-refractivity contribution is 6.00. The summed E-state index contributed by atoms with van der Waals surface area (Å²) in [6.45, 7) is 6.40. The van der Waals surface area contributed by atoms with Gasteiger partial charge < -0.3 is 29.3 Å². The van der Waals surface area contributed by atoms with Gasteiger partial charge in [-0.15, -0.1) is 0 Å². The Morgan fingerprint density at radius 2 is 1.68 bits per heavy atom. The molecule has 1 aromatic rings. The van der Waals surface area contributed by atoms with Crippen molar-refractivity contribution in [2.45, 2.75) is 30.2 Å². The largest absolute Gasteiger partial charge is 0.394 e. The highest BCUT2D eigenvalue weighted by atomic mass is 16.5. The molecule has 1 aromatic carbocycles. The van der Waals surface area contributed by atoms with Gasteiger partial charge in [0.05, 0.1) is 43.3 Å². The van der Waals surface area contributed by atoms with Crippen molar-refractivity contribution in [3.05, 3.63) is 60.2 Å². The Kier molecular flexibility index (Phi) is 7.06. The maximum Gasteiger partial charge on any atom is 0.249 e. The second-order valence-electron chi connectivity index (χ2n) is 11.6. The third-order valence-electron chi connectivity index (χ3n) is 9.26. The molecule has 40 heavy (non-hydrogen) atoms. The average molecular weight is 551 g/mol. The zero-order valence-electron chi connectivity index (χ0n) is 23.1. The molecule has 1 N–H and O–H groups in total. The van der Waals surface area contributed by atoms with Crippen LogP contribution in [0.4, 0.5) is 0 Å². The number of carbonyl (C=O) groups excluding carboxylic acids is 3. The van der Waals surface area contributed by atoms with E-state index < -0.39 is 35.1 Å². The fourth-order valence-corrected chi connectivity index (χ4v) is 7.28. The Morgan fingerprint density at radius 1 is 0.950 bits per heavy atom. The van der Waals surface area contributed by atoms with Crippen molar-refractivity contribution in [1.29, 1.82) is 0 Å².